The maximum Gasteiger partial charge on any atom is 0.410 e. The summed E-state index contributed by atoms with van der Waals surface area (Å²) in [4.78, 5) is 18.9. The lowest BCUT2D eigenvalue weighted by Gasteiger charge is -2.34. The number of hydrogen-bond donors (Lipinski definition) is 1. The SMILES string of the molecule is CC(C)(C)OC(=O)N1CCC(Nc2cc(-c3ccccc3Cl)nc3c(Br)cnn23)CC1. The summed E-state index contributed by atoms with van der Waals surface area (Å²) in [5, 5.41) is 8.69. The average Bonchev–Trinajstić information content (AvgIpc) is 3.09. The van der Waals surface area contributed by atoms with Gasteiger partial charge in [0.2, 0.25) is 0 Å². The molecule has 164 valence electrons. The number of anilines is 1. The summed E-state index contributed by atoms with van der Waals surface area (Å²) >= 11 is 9.95. The van der Waals surface area contributed by atoms with E-state index in [4.69, 9.17) is 21.3 Å². The molecule has 1 amide bonds. The first kappa shape index (κ1) is 21.9. The molecule has 3 aromatic rings. The third kappa shape index (κ3) is 4.96. The van der Waals surface area contributed by atoms with E-state index in [0.29, 0.717) is 23.8 Å². The van der Waals surface area contributed by atoms with Gasteiger partial charge in [-0.1, -0.05) is 29.8 Å². The minimum absolute atomic E-state index is 0.200. The van der Waals surface area contributed by atoms with Crippen molar-refractivity contribution in [2.24, 2.45) is 0 Å². The second-order valence-electron chi connectivity index (χ2n) is 8.62. The zero-order valence-electron chi connectivity index (χ0n) is 17.7. The molecule has 1 fully saturated rings. The lowest BCUT2D eigenvalue weighted by molar-refractivity contribution is 0.0210. The van der Waals surface area contributed by atoms with Crippen LogP contribution >= 0.6 is 27.5 Å². The maximum atomic E-state index is 12.3. The number of fused-ring (bicyclic) bond motifs is 1. The van der Waals surface area contributed by atoms with E-state index in [1.54, 1.807) is 15.6 Å². The molecule has 1 aliphatic rings. The highest BCUT2D eigenvalue weighted by Crippen LogP contribution is 2.31. The number of nitrogens with one attached hydrogen (secondary N) is 1. The van der Waals surface area contributed by atoms with Gasteiger partial charge in [-0.2, -0.15) is 9.61 Å². The molecule has 0 atom stereocenters. The van der Waals surface area contributed by atoms with Gasteiger partial charge in [-0.05, 0) is 55.6 Å². The van der Waals surface area contributed by atoms with Gasteiger partial charge in [0, 0.05) is 35.8 Å². The van der Waals surface area contributed by atoms with Crippen LogP contribution in [0.5, 0.6) is 0 Å². The first-order valence-electron chi connectivity index (χ1n) is 10.2. The van der Waals surface area contributed by atoms with Gasteiger partial charge < -0.3 is 15.0 Å². The Kier molecular flexibility index (Phi) is 6.12. The normalized spacial score (nSPS) is 15.3. The minimum Gasteiger partial charge on any atom is -0.444 e. The second kappa shape index (κ2) is 8.67. The zero-order chi connectivity index (χ0) is 22.2. The van der Waals surface area contributed by atoms with Crippen LogP contribution in [0.3, 0.4) is 0 Å². The van der Waals surface area contributed by atoms with E-state index in [0.717, 1.165) is 34.4 Å². The van der Waals surface area contributed by atoms with Crippen LogP contribution in [0.25, 0.3) is 16.9 Å². The van der Waals surface area contributed by atoms with Crippen molar-refractivity contribution in [3.05, 3.63) is 46.0 Å². The monoisotopic (exact) mass is 505 g/mol. The Morgan fingerprint density at radius 2 is 1.97 bits per heavy atom. The Morgan fingerprint density at radius 1 is 1.26 bits per heavy atom. The van der Waals surface area contributed by atoms with Crippen molar-refractivity contribution >= 4 is 45.1 Å². The summed E-state index contributed by atoms with van der Waals surface area (Å²) in [5.41, 5.74) is 1.86. The predicted molar refractivity (Wildman–Crippen MR) is 126 cm³/mol. The number of piperidine rings is 1. The molecule has 0 bridgehead atoms. The van der Waals surface area contributed by atoms with Gasteiger partial charge in [-0.3, -0.25) is 0 Å². The number of carbonyl (C=O) groups is 1. The van der Waals surface area contributed by atoms with Crippen molar-refractivity contribution in [1.29, 1.82) is 0 Å². The van der Waals surface area contributed by atoms with Gasteiger partial charge in [-0.15, -0.1) is 0 Å². The standard InChI is InChI=1S/C22H25BrClN5O2/c1-22(2,3)31-21(30)28-10-8-14(9-11-28)26-19-12-18(15-6-4-5-7-17(15)24)27-20-16(23)13-25-29(19)20/h4-7,12-14,26H,8-11H2,1-3H3. The van der Waals surface area contributed by atoms with Gasteiger partial charge in [0.05, 0.1) is 16.4 Å². The molecular formula is C22H25BrClN5O2. The van der Waals surface area contributed by atoms with E-state index in [1.165, 1.54) is 0 Å². The molecule has 1 saturated heterocycles. The fraction of sp³-hybridized carbons (Fsp3) is 0.409. The van der Waals surface area contributed by atoms with E-state index in [1.807, 2.05) is 51.1 Å². The van der Waals surface area contributed by atoms with Crippen molar-refractivity contribution < 1.29 is 9.53 Å². The summed E-state index contributed by atoms with van der Waals surface area (Å²) in [6.45, 7) is 6.92. The first-order valence-corrected chi connectivity index (χ1v) is 11.4. The molecule has 1 aliphatic heterocycles. The number of carbonyl (C=O) groups excluding carboxylic acids is 1. The summed E-state index contributed by atoms with van der Waals surface area (Å²) in [5.74, 6) is 0.835. The highest BCUT2D eigenvalue weighted by atomic mass is 79.9. The minimum atomic E-state index is -0.489. The average molecular weight is 507 g/mol. The van der Waals surface area contributed by atoms with Gasteiger partial charge in [0.15, 0.2) is 5.65 Å². The summed E-state index contributed by atoms with van der Waals surface area (Å²) < 4.78 is 8.09. The molecule has 9 heteroatoms. The van der Waals surface area contributed by atoms with Crippen LogP contribution < -0.4 is 5.32 Å². The third-order valence-electron chi connectivity index (χ3n) is 5.08. The number of amides is 1. The van der Waals surface area contributed by atoms with Crippen LogP contribution in [-0.2, 0) is 4.74 Å². The van der Waals surface area contributed by atoms with E-state index < -0.39 is 5.60 Å². The quantitative estimate of drug-likeness (QED) is 0.499. The molecular weight excluding hydrogens is 482 g/mol. The molecule has 2 aromatic heterocycles. The molecule has 0 radical (unpaired) electrons. The van der Waals surface area contributed by atoms with Crippen LogP contribution in [-0.4, -0.2) is 50.3 Å². The van der Waals surface area contributed by atoms with E-state index in [9.17, 15) is 4.79 Å². The van der Waals surface area contributed by atoms with Crippen molar-refractivity contribution in [2.45, 2.75) is 45.3 Å². The van der Waals surface area contributed by atoms with Crippen LogP contribution in [0, 0.1) is 0 Å². The van der Waals surface area contributed by atoms with Crippen molar-refractivity contribution in [3.8, 4) is 11.3 Å². The lowest BCUT2D eigenvalue weighted by atomic mass is 10.1. The highest BCUT2D eigenvalue weighted by molar-refractivity contribution is 9.10. The number of ether oxygens (including phenoxy) is 1. The molecule has 7 nitrogen and oxygen atoms in total. The van der Waals surface area contributed by atoms with Crippen molar-refractivity contribution in [2.75, 3.05) is 18.4 Å². The molecule has 0 unspecified atom stereocenters. The summed E-state index contributed by atoms with van der Waals surface area (Å²) in [6, 6.07) is 9.82. The molecule has 1 N–H and O–H groups in total. The molecule has 0 saturated carbocycles. The van der Waals surface area contributed by atoms with Crippen molar-refractivity contribution in [3.63, 3.8) is 0 Å². The molecule has 0 aliphatic carbocycles. The fourth-order valence-corrected chi connectivity index (χ4v) is 4.17. The Balaban J connectivity index is 1.54. The van der Waals surface area contributed by atoms with E-state index in [2.05, 4.69) is 26.3 Å². The second-order valence-corrected chi connectivity index (χ2v) is 9.88. The number of halogens is 2. The third-order valence-corrected chi connectivity index (χ3v) is 5.97. The highest BCUT2D eigenvalue weighted by Gasteiger charge is 2.27. The number of nitrogens with zero attached hydrogens (tertiary/aromatic N) is 4. The molecule has 1 aromatic carbocycles. The van der Waals surface area contributed by atoms with Gasteiger partial charge in [0.1, 0.15) is 11.4 Å². The summed E-state index contributed by atoms with van der Waals surface area (Å²) in [6.07, 6.45) is 3.10. The van der Waals surface area contributed by atoms with Gasteiger partial charge in [-0.25, -0.2) is 9.78 Å². The molecule has 0 spiro atoms. The molecule has 3 heterocycles. The Morgan fingerprint density at radius 3 is 2.65 bits per heavy atom. The zero-order valence-corrected chi connectivity index (χ0v) is 20.1. The fourth-order valence-electron chi connectivity index (χ4n) is 3.59. The van der Waals surface area contributed by atoms with E-state index in [-0.39, 0.29) is 12.1 Å². The van der Waals surface area contributed by atoms with Gasteiger partial charge in [0.25, 0.3) is 0 Å². The largest absolute Gasteiger partial charge is 0.444 e. The van der Waals surface area contributed by atoms with Crippen LogP contribution in [0.15, 0.2) is 41.0 Å². The Hall–Kier alpha value is -2.32. The lowest BCUT2D eigenvalue weighted by Crippen LogP contribution is -2.44. The Bertz CT molecular complexity index is 1100. The topological polar surface area (TPSA) is 71.8 Å². The number of aromatic nitrogens is 3. The van der Waals surface area contributed by atoms with Gasteiger partial charge >= 0.3 is 6.09 Å². The first-order chi connectivity index (χ1) is 14.7. The summed E-state index contributed by atoms with van der Waals surface area (Å²) in [7, 11) is 0. The molecule has 4 rings (SSSR count). The van der Waals surface area contributed by atoms with E-state index >= 15 is 0 Å². The van der Waals surface area contributed by atoms with Crippen LogP contribution in [0.4, 0.5) is 10.6 Å². The smallest absolute Gasteiger partial charge is 0.410 e. The number of benzene rings is 1. The Labute approximate surface area is 194 Å². The van der Waals surface area contributed by atoms with Crippen LogP contribution in [0.2, 0.25) is 5.02 Å². The maximum absolute atomic E-state index is 12.3. The molecule has 31 heavy (non-hydrogen) atoms. The predicted octanol–water partition coefficient (Wildman–Crippen LogP) is 5.62. The van der Waals surface area contributed by atoms with Crippen molar-refractivity contribution in [1.82, 2.24) is 19.5 Å². The number of likely N-dealkylation sites (tertiary alicyclic amines) is 1. The number of hydrogen-bond acceptors (Lipinski definition) is 5. The number of rotatable bonds is 3. The van der Waals surface area contributed by atoms with Crippen LogP contribution in [0.1, 0.15) is 33.6 Å².